The van der Waals surface area contributed by atoms with Gasteiger partial charge in [-0.05, 0) is 264 Å². The lowest BCUT2D eigenvalue weighted by atomic mass is 9.81. The third-order valence-corrected chi connectivity index (χ3v) is 26.2. The topological polar surface area (TPSA) is 0 Å². The van der Waals surface area contributed by atoms with E-state index in [1.54, 1.807) is 0 Å². The van der Waals surface area contributed by atoms with Gasteiger partial charge in [0.1, 0.15) is 0 Å². The van der Waals surface area contributed by atoms with E-state index in [0.717, 1.165) is 0 Å². The first kappa shape index (κ1) is 67.1. The number of benzene rings is 18. The Kier molecular flexibility index (Phi) is 15.2. The van der Waals surface area contributed by atoms with Crippen molar-refractivity contribution in [3.8, 4) is 134 Å². The second-order valence-corrected chi connectivity index (χ2v) is 33.7. The van der Waals surface area contributed by atoms with Crippen LogP contribution in [0.2, 0.25) is 0 Å². The average molecular weight is 1430 g/mol. The molecular formula is C112H84. The van der Waals surface area contributed by atoms with Gasteiger partial charge in [0.05, 0.1) is 0 Å². The zero-order valence-electron chi connectivity index (χ0n) is 64.6. The quantitative estimate of drug-likeness (QED) is 0.133. The van der Waals surface area contributed by atoms with Gasteiger partial charge in [-0.3, -0.25) is 0 Å². The van der Waals surface area contributed by atoms with Gasteiger partial charge < -0.3 is 0 Å². The molecule has 0 fully saturated rings. The Balaban J connectivity index is 0.000000141. The highest BCUT2D eigenvalue weighted by Gasteiger charge is 2.40. The molecule has 18 aromatic rings. The summed E-state index contributed by atoms with van der Waals surface area (Å²) in [5, 5.41) is 10.2. The van der Waals surface area contributed by atoms with Crippen LogP contribution in [-0.2, 0) is 21.7 Å². The molecule has 0 saturated carbocycles. The number of hydrogen-bond acceptors (Lipinski definition) is 0. The molecule has 0 N–H and O–H groups in total. The third kappa shape index (κ3) is 10.3. The molecular weight excluding hydrogens is 1350 g/mol. The Morgan fingerprint density at radius 2 is 0.366 bits per heavy atom. The average Bonchev–Trinajstić information content (AvgIpc) is 1.05. The smallest absolute Gasteiger partial charge is 0.0159 e. The lowest BCUT2D eigenvalue weighted by Crippen LogP contribution is -2.14. The summed E-state index contributed by atoms with van der Waals surface area (Å²) in [5.41, 5.74) is 41.9. The van der Waals surface area contributed by atoms with Gasteiger partial charge in [0, 0.05) is 21.7 Å². The maximum absolute atomic E-state index is 2.47. The fraction of sp³-hybridized carbons (Fsp3) is 0.107. The van der Waals surface area contributed by atoms with Gasteiger partial charge in [0.15, 0.2) is 0 Å². The van der Waals surface area contributed by atoms with E-state index >= 15 is 0 Å². The zero-order chi connectivity index (χ0) is 75.5. The summed E-state index contributed by atoms with van der Waals surface area (Å²) in [5.74, 6) is 0. The highest BCUT2D eigenvalue weighted by molar-refractivity contribution is 6.24. The molecule has 0 unspecified atom stereocenters. The van der Waals surface area contributed by atoms with Crippen molar-refractivity contribution in [3.05, 3.63) is 408 Å². The summed E-state index contributed by atoms with van der Waals surface area (Å²) >= 11 is 0. The molecule has 18 aromatic carbocycles. The molecule has 0 heterocycles. The minimum absolute atomic E-state index is 0.0293. The molecule has 0 heteroatoms. The van der Waals surface area contributed by atoms with Crippen LogP contribution in [-0.4, -0.2) is 0 Å². The number of fused-ring (bicyclic) bond motifs is 16. The summed E-state index contributed by atoms with van der Waals surface area (Å²) in [6, 6.07) is 137. The minimum Gasteiger partial charge on any atom is -0.0622 e. The van der Waals surface area contributed by atoms with Gasteiger partial charge in [-0.15, -0.1) is 0 Å². The number of rotatable bonds is 8. The molecule has 4 aliphatic rings. The highest BCUT2D eigenvalue weighted by atomic mass is 14.4. The molecule has 0 atom stereocenters. The van der Waals surface area contributed by atoms with Crippen molar-refractivity contribution in [2.24, 2.45) is 0 Å². The summed E-state index contributed by atoms with van der Waals surface area (Å²) in [6.45, 7) is 18.9. The monoisotopic (exact) mass is 1430 g/mol. The Morgan fingerprint density at radius 3 is 0.795 bits per heavy atom. The van der Waals surface area contributed by atoms with Gasteiger partial charge in [-0.2, -0.15) is 0 Å². The van der Waals surface area contributed by atoms with Gasteiger partial charge >= 0.3 is 0 Å². The molecule has 0 aliphatic heterocycles. The first-order valence-electron chi connectivity index (χ1n) is 39.9. The molecule has 4 aliphatic carbocycles. The van der Waals surface area contributed by atoms with E-state index in [1.165, 1.54) is 221 Å². The van der Waals surface area contributed by atoms with Crippen LogP contribution < -0.4 is 0 Å². The van der Waals surface area contributed by atoms with Crippen molar-refractivity contribution in [2.75, 3.05) is 0 Å². The standard InChI is InChI=1S/2C56H42/c1-55(2)50-24-13-11-20-42(50)47-33-40(27-30-51(47)55)54-45-22-9-8-21-44(45)53(46-29-26-37(32-48(46)54)35-15-6-5-7-16-35)39-18-14-17-36(31-39)38-25-28-43-41-19-10-12-23-49(41)56(3,4)52(43)34-38;1-55(2)50-21-13-11-17-42(50)47-33-40(28-31-51(47)55)54-45-19-9-8-18-44(45)53(46-30-27-38(32-48(46)54)35-14-6-5-7-15-35)37-24-22-36(23-25-37)39-26-29-43-41-16-10-12-20-49(41)56(3,4)52(43)34-39/h2*5-34H,1-4H3. The first-order valence-corrected chi connectivity index (χ1v) is 39.9. The van der Waals surface area contributed by atoms with E-state index in [9.17, 15) is 0 Å². The van der Waals surface area contributed by atoms with Crippen LogP contribution >= 0.6 is 0 Å². The van der Waals surface area contributed by atoms with Crippen LogP contribution in [0.4, 0.5) is 0 Å². The van der Waals surface area contributed by atoms with Crippen LogP contribution in [0.5, 0.6) is 0 Å². The Hall–Kier alpha value is -13.0. The van der Waals surface area contributed by atoms with Crippen molar-refractivity contribution in [3.63, 3.8) is 0 Å². The molecule has 0 radical (unpaired) electrons. The van der Waals surface area contributed by atoms with Crippen LogP contribution in [0, 0.1) is 0 Å². The molecule has 0 saturated heterocycles. The fourth-order valence-corrected chi connectivity index (χ4v) is 20.4. The Bertz CT molecular complexity index is 6950. The van der Waals surface area contributed by atoms with E-state index in [0.29, 0.717) is 0 Å². The van der Waals surface area contributed by atoms with Gasteiger partial charge in [0.25, 0.3) is 0 Å². The summed E-state index contributed by atoms with van der Waals surface area (Å²) < 4.78 is 0. The second kappa shape index (κ2) is 25.3. The van der Waals surface area contributed by atoms with E-state index in [1.807, 2.05) is 0 Å². The lowest BCUT2D eigenvalue weighted by molar-refractivity contribution is 0.660. The summed E-state index contributed by atoms with van der Waals surface area (Å²) in [6.07, 6.45) is 0. The Morgan fingerprint density at radius 1 is 0.125 bits per heavy atom. The molecule has 112 heavy (non-hydrogen) atoms. The highest BCUT2D eigenvalue weighted by Crippen LogP contribution is 2.57. The molecule has 532 valence electrons. The maximum atomic E-state index is 2.47. The molecule has 22 rings (SSSR count). The first-order chi connectivity index (χ1) is 54.6. The zero-order valence-corrected chi connectivity index (χ0v) is 64.6. The normalized spacial score (nSPS) is 14.4. The van der Waals surface area contributed by atoms with Crippen molar-refractivity contribution in [1.82, 2.24) is 0 Å². The molecule has 0 amide bonds. The van der Waals surface area contributed by atoms with E-state index in [2.05, 4.69) is 419 Å². The second-order valence-electron chi connectivity index (χ2n) is 33.7. The van der Waals surface area contributed by atoms with E-state index in [-0.39, 0.29) is 21.7 Å². The van der Waals surface area contributed by atoms with Crippen molar-refractivity contribution >= 4 is 43.1 Å². The van der Waals surface area contributed by atoms with Gasteiger partial charge in [-0.1, -0.05) is 377 Å². The van der Waals surface area contributed by atoms with Crippen molar-refractivity contribution < 1.29 is 0 Å². The Labute approximate surface area is 657 Å². The van der Waals surface area contributed by atoms with Crippen LogP contribution in [0.1, 0.15) is 99.9 Å². The van der Waals surface area contributed by atoms with Crippen molar-refractivity contribution in [2.45, 2.75) is 77.0 Å². The lowest BCUT2D eigenvalue weighted by Gasteiger charge is -2.22. The molecule has 0 nitrogen and oxygen atoms in total. The van der Waals surface area contributed by atoms with Crippen molar-refractivity contribution in [1.29, 1.82) is 0 Å². The predicted molar refractivity (Wildman–Crippen MR) is 477 cm³/mol. The van der Waals surface area contributed by atoms with Gasteiger partial charge in [-0.25, -0.2) is 0 Å². The fourth-order valence-electron chi connectivity index (χ4n) is 20.4. The van der Waals surface area contributed by atoms with E-state index < -0.39 is 0 Å². The molecule has 0 spiro atoms. The summed E-state index contributed by atoms with van der Waals surface area (Å²) in [7, 11) is 0. The van der Waals surface area contributed by atoms with E-state index in [4.69, 9.17) is 0 Å². The van der Waals surface area contributed by atoms with Crippen LogP contribution in [0.25, 0.3) is 177 Å². The molecule has 0 aromatic heterocycles. The van der Waals surface area contributed by atoms with Crippen LogP contribution in [0.15, 0.2) is 364 Å². The van der Waals surface area contributed by atoms with Gasteiger partial charge in [0.2, 0.25) is 0 Å². The minimum atomic E-state index is -0.0480. The largest absolute Gasteiger partial charge is 0.0622 e. The third-order valence-electron chi connectivity index (χ3n) is 26.2. The molecule has 0 bridgehead atoms. The predicted octanol–water partition coefficient (Wildman–Crippen LogP) is 30.5. The summed E-state index contributed by atoms with van der Waals surface area (Å²) in [4.78, 5) is 0. The SMILES string of the molecule is CC1(C)c2ccccc2-c2cc(-c3c4ccccc4c(-c4ccc(-c5ccc6c(c5)C(C)(C)c5ccccc5-6)cc4)c4ccc(-c5ccccc5)cc34)ccc21.CC1(C)c2ccccc2-c2cc(-c3c4ccccc4c(-c4cccc(-c5ccc6c(c5)C(C)(C)c5ccccc5-6)c4)c4ccc(-c5ccccc5)cc34)ccc21. The maximum Gasteiger partial charge on any atom is 0.0159 e. The number of hydrogen-bond donors (Lipinski definition) is 0. The van der Waals surface area contributed by atoms with Crippen LogP contribution in [0.3, 0.4) is 0 Å².